The number of ketones is 1. The van der Waals surface area contributed by atoms with Crippen molar-refractivity contribution in [2.75, 3.05) is 37.8 Å². The first kappa shape index (κ1) is 57.5. The summed E-state index contributed by atoms with van der Waals surface area (Å²) in [4.78, 5) is 100. The Morgan fingerprint density at radius 3 is 2.15 bits per heavy atom. The first-order valence-electron chi connectivity index (χ1n) is 21.5. The molecule has 376 valence electrons. The van der Waals surface area contributed by atoms with E-state index < -0.39 is 84.6 Å². The van der Waals surface area contributed by atoms with Gasteiger partial charge in [-0.15, -0.1) is 0 Å². The van der Waals surface area contributed by atoms with E-state index in [0.29, 0.717) is 6.42 Å². The van der Waals surface area contributed by atoms with Gasteiger partial charge in [0.1, 0.15) is 42.0 Å². The maximum Gasteiger partial charge on any atom is 0.481 e. The highest BCUT2D eigenvalue weighted by Gasteiger charge is 2.50. The zero-order valence-electron chi connectivity index (χ0n) is 37.2. The molecule has 0 spiro atoms. The molecular weight excluding hydrogens is 955 g/mol. The van der Waals surface area contributed by atoms with Crippen LogP contribution in [0.1, 0.15) is 117 Å². The summed E-state index contributed by atoms with van der Waals surface area (Å²) in [6.07, 6.45) is 6.01. The number of nitrogens with zero attached hydrogens (tertiary/aromatic N) is 4. The van der Waals surface area contributed by atoms with Crippen molar-refractivity contribution in [3.63, 3.8) is 0 Å². The summed E-state index contributed by atoms with van der Waals surface area (Å²) in [5.74, 6) is -1.39. The van der Waals surface area contributed by atoms with Gasteiger partial charge in [-0.25, -0.2) is 28.6 Å². The van der Waals surface area contributed by atoms with Crippen molar-refractivity contribution in [1.29, 1.82) is 0 Å². The number of amides is 2. The largest absolute Gasteiger partial charge is 0.481 e. The Bertz CT molecular complexity index is 2040. The molecule has 7 atom stereocenters. The van der Waals surface area contributed by atoms with Gasteiger partial charge >= 0.3 is 23.5 Å². The Morgan fingerprint density at radius 2 is 1.52 bits per heavy atom. The van der Waals surface area contributed by atoms with Crippen LogP contribution in [0.2, 0.25) is 0 Å². The molecule has 1 aliphatic heterocycles. The van der Waals surface area contributed by atoms with Crippen LogP contribution in [-0.4, -0.2) is 128 Å². The molecule has 25 nitrogen and oxygen atoms in total. The number of aliphatic hydroxyl groups excluding tert-OH is 2. The van der Waals surface area contributed by atoms with E-state index in [1.165, 1.54) is 58.8 Å². The van der Waals surface area contributed by atoms with Gasteiger partial charge < -0.3 is 50.9 Å². The number of carbonyl (C=O) groups is 4. The molecule has 1 aliphatic rings. The number of phosphoric acid groups is 3. The summed E-state index contributed by atoms with van der Waals surface area (Å²) in [7, 11) is -16.4. The van der Waals surface area contributed by atoms with Crippen LogP contribution in [0, 0.1) is 5.41 Å². The van der Waals surface area contributed by atoms with Crippen LogP contribution in [-0.2, 0) is 55.5 Å². The highest BCUT2D eigenvalue weighted by atomic mass is 32.2. The van der Waals surface area contributed by atoms with Crippen molar-refractivity contribution in [1.82, 2.24) is 30.2 Å². The highest BCUT2D eigenvalue weighted by Crippen LogP contribution is 2.61. The Balaban J connectivity index is 1.34. The smallest absolute Gasteiger partial charge is 0.386 e. The maximum atomic E-state index is 12.7. The van der Waals surface area contributed by atoms with Gasteiger partial charge in [-0.3, -0.25) is 37.3 Å². The second-order valence-corrected chi connectivity index (χ2v) is 21.7. The lowest BCUT2D eigenvalue weighted by Gasteiger charge is -2.30. The minimum Gasteiger partial charge on any atom is -0.386 e. The molecule has 3 heterocycles. The number of thioether (sulfide) groups is 1. The number of imidazole rings is 1. The minimum absolute atomic E-state index is 0.0262. The second-order valence-electron chi connectivity index (χ2n) is 16.3. The number of nitrogen functional groups attached to an aromatic ring is 1. The lowest BCUT2D eigenvalue weighted by atomic mass is 9.87. The zero-order valence-corrected chi connectivity index (χ0v) is 40.7. The summed E-state index contributed by atoms with van der Waals surface area (Å²) in [6.45, 7) is 2.55. The number of hydrogen-bond donors (Lipinski definition) is 9. The maximum absolute atomic E-state index is 12.7. The van der Waals surface area contributed by atoms with Gasteiger partial charge in [0, 0.05) is 37.1 Å². The monoisotopic (exact) mass is 1020 g/mol. The number of anilines is 1. The summed E-state index contributed by atoms with van der Waals surface area (Å²) in [5, 5.41) is 26.2. The average molecular weight is 1020 g/mol. The average Bonchev–Trinajstić information content (AvgIpc) is 3.79. The number of ether oxygens (including phenoxy) is 1. The molecule has 1 saturated heterocycles. The fraction of sp³-hybridized carbons (Fsp3) is 0.757. The van der Waals surface area contributed by atoms with Gasteiger partial charge in [0.2, 0.25) is 11.8 Å². The van der Waals surface area contributed by atoms with Crippen LogP contribution in [0.5, 0.6) is 0 Å². The van der Waals surface area contributed by atoms with Gasteiger partial charge in [0.05, 0.1) is 26.0 Å². The molecule has 2 amide bonds. The predicted molar refractivity (Wildman–Crippen MR) is 238 cm³/mol. The number of unbranched alkanes of at least 4 members (excludes halogenated alkanes) is 10. The molecule has 0 aromatic carbocycles. The van der Waals surface area contributed by atoms with E-state index in [1.807, 2.05) is 0 Å². The van der Waals surface area contributed by atoms with Gasteiger partial charge in [-0.1, -0.05) is 96.7 Å². The number of nitrogens with two attached hydrogens (primary N) is 1. The molecule has 0 saturated carbocycles. The van der Waals surface area contributed by atoms with Crippen LogP contribution in [0.15, 0.2) is 12.7 Å². The fourth-order valence-corrected chi connectivity index (χ4v) is 10.1. The Labute approximate surface area is 386 Å². The summed E-state index contributed by atoms with van der Waals surface area (Å²) < 4.78 is 62.3. The molecule has 0 aliphatic carbocycles. The number of Topliss-reactive ketones (excluding diaryl/α,β-unsaturated/α-hetero) is 1. The summed E-state index contributed by atoms with van der Waals surface area (Å²) >= 11 is 0.937. The van der Waals surface area contributed by atoms with Crippen molar-refractivity contribution in [2.24, 2.45) is 5.41 Å². The van der Waals surface area contributed by atoms with E-state index in [-0.39, 0.29) is 59.6 Å². The number of phosphoric ester groups is 3. The topological polar surface area (TPSA) is 381 Å². The van der Waals surface area contributed by atoms with Gasteiger partial charge in [-0.05, 0) is 6.42 Å². The predicted octanol–water partition coefficient (Wildman–Crippen LogP) is 3.33. The van der Waals surface area contributed by atoms with E-state index in [4.69, 9.17) is 19.5 Å². The molecule has 0 bridgehead atoms. The fourth-order valence-electron chi connectivity index (χ4n) is 6.58. The molecule has 7 unspecified atom stereocenters. The molecule has 66 heavy (non-hydrogen) atoms. The molecule has 2 aromatic heterocycles. The van der Waals surface area contributed by atoms with Crippen LogP contribution < -0.4 is 16.4 Å². The molecular formula is C37H64N7O18P3S. The third-order valence-electron chi connectivity index (χ3n) is 10.2. The van der Waals surface area contributed by atoms with Crippen molar-refractivity contribution >= 4 is 74.9 Å². The SMILES string of the molecule is CCCCCCCCCCCCCC(=O)CC(=O)SCCNC(=O)CCNC(=O)C(O)C(C)(C)COP(=O)(O)OP(=O)(O)OCC1OC(n2cnc3c(N)ncnc32)C(O)C1OP(=O)(O)O. The third-order valence-corrected chi connectivity index (χ3v) is 14.1. The number of nitrogens with one attached hydrogen (secondary N) is 2. The van der Waals surface area contributed by atoms with E-state index >= 15 is 0 Å². The first-order valence-corrected chi connectivity index (χ1v) is 27.0. The number of aliphatic hydroxyl groups is 2. The van der Waals surface area contributed by atoms with Gasteiger partial charge in [0.15, 0.2) is 22.8 Å². The Hall–Kier alpha value is -2.77. The van der Waals surface area contributed by atoms with Crippen molar-refractivity contribution in [2.45, 2.75) is 141 Å². The molecule has 0 radical (unpaired) electrons. The Morgan fingerprint density at radius 1 is 0.894 bits per heavy atom. The number of hydrogen-bond acceptors (Lipinski definition) is 19. The molecule has 3 rings (SSSR count). The van der Waals surface area contributed by atoms with Crippen LogP contribution in [0.3, 0.4) is 0 Å². The van der Waals surface area contributed by atoms with E-state index in [0.717, 1.165) is 54.7 Å². The quantitative estimate of drug-likeness (QED) is 0.0281. The van der Waals surface area contributed by atoms with Crippen LogP contribution in [0.25, 0.3) is 11.2 Å². The Kier molecular flexibility index (Phi) is 23.9. The minimum atomic E-state index is -5.59. The molecule has 10 N–H and O–H groups in total. The first-order chi connectivity index (χ1) is 30.9. The van der Waals surface area contributed by atoms with E-state index in [1.54, 1.807) is 0 Å². The molecule has 2 aromatic rings. The lowest BCUT2D eigenvalue weighted by Crippen LogP contribution is -2.46. The van der Waals surface area contributed by atoms with Crippen molar-refractivity contribution < 1.29 is 85.3 Å². The number of rotatable bonds is 33. The third kappa shape index (κ3) is 20.4. The lowest BCUT2D eigenvalue weighted by molar-refractivity contribution is -0.137. The summed E-state index contributed by atoms with van der Waals surface area (Å²) in [5.41, 5.74) is 4.24. The molecule has 29 heteroatoms. The number of fused-ring (bicyclic) bond motifs is 1. The van der Waals surface area contributed by atoms with Gasteiger partial charge in [0.25, 0.3) is 0 Å². The van der Waals surface area contributed by atoms with Crippen LogP contribution in [0.4, 0.5) is 5.82 Å². The van der Waals surface area contributed by atoms with E-state index in [2.05, 4.69) is 41.3 Å². The number of aromatic nitrogens is 4. The normalized spacial score (nSPS) is 20.1. The van der Waals surface area contributed by atoms with Crippen molar-refractivity contribution in [3.05, 3.63) is 12.7 Å². The molecule has 1 fully saturated rings. The highest BCUT2D eigenvalue weighted by molar-refractivity contribution is 8.13. The number of carbonyl (C=O) groups excluding carboxylic acids is 4. The standard InChI is InChI=1S/C37H64N7O18P3S/c1-4-5-6-7-8-9-10-11-12-13-14-15-25(45)20-28(47)66-19-18-39-27(46)16-17-40-35(50)32(49)37(2,3)22-59-65(56,57)62-64(54,55)58-21-26-31(61-63(51,52)53)30(48)36(60-26)44-24-43-29-33(38)41-23-42-34(29)44/h23-24,26,30-32,36,48-49H,4-22H2,1-3H3,(H,39,46)(H,40,50)(H,54,55)(H,56,57)(H2,38,41,42)(H2,51,52,53). The van der Waals surface area contributed by atoms with Crippen LogP contribution >= 0.6 is 35.2 Å². The van der Waals surface area contributed by atoms with E-state index in [9.17, 15) is 62.7 Å². The second kappa shape index (κ2) is 27.4. The van der Waals surface area contributed by atoms with Gasteiger partial charge in [-0.2, -0.15) is 4.31 Å². The summed E-state index contributed by atoms with van der Waals surface area (Å²) in [6, 6.07) is 0. The van der Waals surface area contributed by atoms with Crippen molar-refractivity contribution in [3.8, 4) is 0 Å². The zero-order chi connectivity index (χ0) is 49.1.